The molecule has 0 aromatic rings. The van der Waals surface area contributed by atoms with Gasteiger partial charge in [-0.15, -0.1) is 0 Å². The van der Waals surface area contributed by atoms with E-state index < -0.39 is 6.80 Å². The summed E-state index contributed by atoms with van der Waals surface area (Å²) in [5.74, 6) is 0.125. The number of carbonyl (C=O) groups excluding carboxylic acids is 1. The zero-order valence-corrected chi connectivity index (χ0v) is 12.8. The van der Waals surface area contributed by atoms with E-state index in [1.165, 1.54) is 0 Å². The normalized spacial score (nSPS) is 13.6. The summed E-state index contributed by atoms with van der Waals surface area (Å²) in [4.78, 5) is 11.8. The quantitative estimate of drug-likeness (QED) is 0.566. The molecule has 0 heterocycles. The van der Waals surface area contributed by atoms with Crippen LogP contribution in [0.15, 0.2) is 0 Å². The molecular weight excluding hydrogens is 259 g/mol. The van der Waals surface area contributed by atoms with Gasteiger partial charge in [0.2, 0.25) is 0 Å². The maximum Gasteiger partial charge on any atom is 0.389 e. The molecule has 0 aliphatic carbocycles. The standard InChI is InChI=1S/C11H23O4PS/c1-5-9-10(12)11(6-2)17-16(13,14-7-3)15-8-4/h11H,5-9H2,1-4H3. The molecule has 1 unspecified atom stereocenters. The Kier molecular flexibility index (Phi) is 9.24. The summed E-state index contributed by atoms with van der Waals surface area (Å²) >= 11 is 1.05. The van der Waals surface area contributed by atoms with E-state index in [0.717, 1.165) is 17.8 Å². The van der Waals surface area contributed by atoms with Crippen molar-refractivity contribution < 1.29 is 18.4 Å². The monoisotopic (exact) mass is 282 g/mol. The zero-order valence-electron chi connectivity index (χ0n) is 11.1. The SMILES string of the molecule is CCCC(=O)C(CC)SP(=O)(OCC)OCC. The fourth-order valence-electron chi connectivity index (χ4n) is 1.34. The molecule has 0 aromatic heterocycles. The largest absolute Gasteiger partial charge is 0.389 e. The van der Waals surface area contributed by atoms with Crippen LogP contribution in [0.1, 0.15) is 47.0 Å². The van der Waals surface area contributed by atoms with Crippen molar-refractivity contribution in [2.24, 2.45) is 0 Å². The molecule has 0 rings (SSSR count). The van der Waals surface area contributed by atoms with Gasteiger partial charge in [0.05, 0.1) is 18.5 Å². The predicted molar refractivity (Wildman–Crippen MR) is 72.4 cm³/mol. The minimum absolute atomic E-state index is 0.125. The maximum absolute atomic E-state index is 12.3. The van der Waals surface area contributed by atoms with Crippen molar-refractivity contribution in [3.63, 3.8) is 0 Å². The van der Waals surface area contributed by atoms with Crippen molar-refractivity contribution in [1.29, 1.82) is 0 Å². The van der Waals surface area contributed by atoms with Gasteiger partial charge >= 0.3 is 6.80 Å². The first kappa shape index (κ1) is 17.2. The molecule has 6 heteroatoms. The van der Waals surface area contributed by atoms with Crippen LogP contribution in [0.25, 0.3) is 0 Å². The van der Waals surface area contributed by atoms with Gasteiger partial charge in [0.15, 0.2) is 0 Å². The highest BCUT2D eigenvalue weighted by atomic mass is 32.7. The summed E-state index contributed by atoms with van der Waals surface area (Å²) in [5, 5.41) is -0.293. The number of ketones is 1. The van der Waals surface area contributed by atoms with E-state index in [-0.39, 0.29) is 11.0 Å². The van der Waals surface area contributed by atoms with Crippen molar-refractivity contribution in [2.75, 3.05) is 13.2 Å². The van der Waals surface area contributed by atoms with Gasteiger partial charge in [-0.3, -0.25) is 4.79 Å². The number of hydrogen-bond acceptors (Lipinski definition) is 5. The third-order valence-corrected chi connectivity index (χ3v) is 6.49. The van der Waals surface area contributed by atoms with Crippen molar-refractivity contribution >= 4 is 24.0 Å². The van der Waals surface area contributed by atoms with Crippen LogP contribution in [-0.4, -0.2) is 24.2 Å². The van der Waals surface area contributed by atoms with E-state index in [2.05, 4.69) is 0 Å². The molecule has 1 atom stereocenters. The van der Waals surface area contributed by atoms with Gasteiger partial charge in [-0.1, -0.05) is 13.8 Å². The second-order valence-electron chi connectivity index (χ2n) is 3.50. The molecular formula is C11H23O4PS. The molecule has 102 valence electrons. The van der Waals surface area contributed by atoms with E-state index in [9.17, 15) is 9.36 Å². The lowest BCUT2D eigenvalue weighted by atomic mass is 10.1. The molecule has 0 saturated carbocycles. The molecule has 0 aromatic carbocycles. The fraction of sp³-hybridized carbons (Fsp3) is 0.909. The fourth-order valence-corrected chi connectivity index (χ4v) is 5.60. The minimum atomic E-state index is -3.17. The molecule has 0 spiro atoms. The van der Waals surface area contributed by atoms with Gasteiger partial charge < -0.3 is 9.05 Å². The maximum atomic E-state index is 12.3. The average molecular weight is 282 g/mol. The van der Waals surface area contributed by atoms with Gasteiger partial charge in [0.25, 0.3) is 0 Å². The lowest BCUT2D eigenvalue weighted by Crippen LogP contribution is -2.16. The van der Waals surface area contributed by atoms with E-state index in [1.54, 1.807) is 13.8 Å². The van der Waals surface area contributed by atoms with Crippen molar-refractivity contribution in [3.8, 4) is 0 Å². The Morgan fingerprint density at radius 1 is 1.18 bits per heavy atom. The zero-order chi connectivity index (χ0) is 13.3. The Labute approximate surface area is 108 Å². The lowest BCUT2D eigenvalue weighted by Gasteiger charge is -2.20. The van der Waals surface area contributed by atoms with Crippen LogP contribution in [0.3, 0.4) is 0 Å². The smallest absolute Gasteiger partial charge is 0.301 e. The van der Waals surface area contributed by atoms with Crippen LogP contribution >= 0.6 is 18.2 Å². The Bertz CT molecular complexity index is 260. The third-order valence-electron chi connectivity index (χ3n) is 2.06. The highest BCUT2D eigenvalue weighted by Gasteiger charge is 2.31. The van der Waals surface area contributed by atoms with Crippen LogP contribution < -0.4 is 0 Å². The molecule has 0 N–H and O–H groups in total. The number of Topliss-reactive ketones (excluding diaryl/α,β-unsaturated/α-hetero) is 1. The van der Waals surface area contributed by atoms with E-state index in [0.29, 0.717) is 26.1 Å². The van der Waals surface area contributed by atoms with Crippen LogP contribution in [0.5, 0.6) is 0 Å². The Morgan fingerprint density at radius 2 is 1.71 bits per heavy atom. The number of carbonyl (C=O) groups is 1. The Balaban J connectivity index is 4.59. The molecule has 0 aliphatic rings. The summed E-state index contributed by atoms with van der Waals surface area (Å²) < 4.78 is 22.6. The van der Waals surface area contributed by atoms with E-state index in [4.69, 9.17) is 9.05 Å². The van der Waals surface area contributed by atoms with Crippen LogP contribution in [0, 0.1) is 0 Å². The Morgan fingerprint density at radius 3 is 2.06 bits per heavy atom. The molecule has 0 fully saturated rings. The second-order valence-corrected chi connectivity index (χ2v) is 7.67. The van der Waals surface area contributed by atoms with Crippen molar-refractivity contribution in [3.05, 3.63) is 0 Å². The lowest BCUT2D eigenvalue weighted by molar-refractivity contribution is -0.118. The van der Waals surface area contributed by atoms with Crippen molar-refractivity contribution in [1.82, 2.24) is 0 Å². The molecule has 0 bridgehead atoms. The van der Waals surface area contributed by atoms with E-state index >= 15 is 0 Å². The highest BCUT2D eigenvalue weighted by Crippen LogP contribution is 2.62. The first-order valence-corrected chi connectivity index (χ1v) is 9.15. The van der Waals surface area contributed by atoms with Gasteiger partial charge in [-0.2, -0.15) is 0 Å². The van der Waals surface area contributed by atoms with Gasteiger partial charge in [-0.05, 0) is 38.1 Å². The number of hydrogen-bond donors (Lipinski definition) is 0. The molecule has 0 radical (unpaired) electrons. The summed E-state index contributed by atoms with van der Waals surface area (Å²) in [6.07, 6.45) is 1.97. The first-order chi connectivity index (χ1) is 8.02. The van der Waals surface area contributed by atoms with Crippen LogP contribution in [0.2, 0.25) is 0 Å². The topological polar surface area (TPSA) is 52.6 Å². The summed E-state index contributed by atoms with van der Waals surface area (Å²) in [6, 6.07) is 0. The summed E-state index contributed by atoms with van der Waals surface area (Å²) in [7, 11) is 0. The molecule has 4 nitrogen and oxygen atoms in total. The molecule has 17 heavy (non-hydrogen) atoms. The molecule has 0 saturated heterocycles. The molecule has 0 aliphatic heterocycles. The van der Waals surface area contributed by atoms with Crippen LogP contribution in [0.4, 0.5) is 0 Å². The van der Waals surface area contributed by atoms with Gasteiger partial charge in [-0.25, -0.2) is 4.57 Å². The highest BCUT2D eigenvalue weighted by molar-refractivity contribution is 8.55. The van der Waals surface area contributed by atoms with Gasteiger partial charge in [0.1, 0.15) is 5.78 Å². The average Bonchev–Trinajstić information content (AvgIpc) is 2.27. The minimum Gasteiger partial charge on any atom is -0.301 e. The summed E-state index contributed by atoms with van der Waals surface area (Å²) in [5.41, 5.74) is 0. The second kappa shape index (κ2) is 9.15. The predicted octanol–water partition coefficient (Wildman–Crippen LogP) is 4.05. The van der Waals surface area contributed by atoms with Gasteiger partial charge in [0, 0.05) is 6.42 Å². The van der Waals surface area contributed by atoms with Crippen LogP contribution in [-0.2, 0) is 18.4 Å². The van der Waals surface area contributed by atoms with E-state index in [1.807, 2.05) is 13.8 Å². The van der Waals surface area contributed by atoms with Crippen molar-refractivity contribution in [2.45, 2.75) is 52.2 Å². The third kappa shape index (κ3) is 6.61. The Hall–Kier alpha value is 0.170. The number of rotatable bonds is 10. The molecule has 0 amide bonds. The first-order valence-electron chi connectivity index (χ1n) is 6.13. The summed E-state index contributed by atoms with van der Waals surface area (Å²) in [6.45, 7) is 4.87.